The van der Waals surface area contributed by atoms with E-state index in [1.807, 2.05) is 6.92 Å². The zero-order valence-electron chi connectivity index (χ0n) is 12.7. The Kier molecular flexibility index (Phi) is 3.59. The molecule has 8 heteroatoms. The summed E-state index contributed by atoms with van der Waals surface area (Å²) in [6.07, 6.45) is 0.594. The van der Waals surface area contributed by atoms with Crippen molar-refractivity contribution in [2.24, 2.45) is 0 Å². The number of rotatable bonds is 4. The molecule has 1 atom stereocenters. The second kappa shape index (κ2) is 5.45. The van der Waals surface area contributed by atoms with E-state index >= 15 is 0 Å². The van der Waals surface area contributed by atoms with Crippen LogP contribution in [0.1, 0.15) is 31.1 Å². The molecule has 2 heterocycles. The molecule has 1 aliphatic rings. The van der Waals surface area contributed by atoms with Crippen LogP contribution in [0.15, 0.2) is 28.8 Å². The Labute approximate surface area is 131 Å². The maximum atomic E-state index is 13.1. The number of carbonyl (C=O) groups excluding carboxylic acids is 2. The van der Waals surface area contributed by atoms with E-state index in [1.54, 1.807) is 6.92 Å². The van der Waals surface area contributed by atoms with E-state index in [4.69, 9.17) is 4.52 Å². The zero-order valence-corrected chi connectivity index (χ0v) is 12.7. The second-order valence-electron chi connectivity index (χ2n) is 5.41. The molecule has 0 bridgehead atoms. The lowest BCUT2D eigenvalue weighted by atomic mass is 9.92. The molecule has 0 radical (unpaired) electrons. The maximum absolute atomic E-state index is 13.1. The molecule has 7 nitrogen and oxygen atoms in total. The first kappa shape index (κ1) is 15.1. The van der Waals surface area contributed by atoms with Crippen LogP contribution in [0.3, 0.4) is 0 Å². The highest BCUT2D eigenvalue weighted by Crippen LogP contribution is 2.29. The van der Waals surface area contributed by atoms with Crippen molar-refractivity contribution in [2.45, 2.75) is 32.4 Å². The predicted octanol–water partition coefficient (Wildman–Crippen LogP) is 1.74. The van der Waals surface area contributed by atoms with Crippen molar-refractivity contribution in [2.75, 3.05) is 0 Å². The molecule has 0 spiro atoms. The Morgan fingerprint density at radius 2 is 2.00 bits per heavy atom. The van der Waals surface area contributed by atoms with Crippen LogP contribution in [-0.2, 0) is 23.3 Å². The highest BCUT2D eigenvalue weighted by atomic mass is 19.1. The van der Waals surface area contributed by atoms with E-state index in [-0.39, 0.29) is 12.4 Å². The van der Waals surface area contributed by atoms with Gasteiger partial charge in [-0.2, -0.15) is 4.98 Å². The molecule has 1 saturated heterocycles. The summed E-state index contributed by atoms with van der Waals surface area (Å²) in [5.74, 6) is -0.170. The molecule has 1 aliphatic heterocycles. The molecular weight excluding hydrogens is 303 g/mol. The Bertz CT molecular complexity index is 758. The smallest absolute Gasteiger partial charge is 0.325 e. The first-order valence-corrected chi connectivity index (χ1v) is 7.15. The average Bonchev–Trinajstić information content (AvgIpc) is 3.07. The Hall–Kier alpha value is -2.77. The Morgan fingerprint density at radius 3 is 2.61 bits per heavy atom. The summed E-state index contributed by atoms with van der Waals surface area (Å²) in [5, 5.41) is 6.37. The minimum absolute atomic E-state index is 0.103. The number of halogens is 1. The number of nitrogens with one attached hydrogen (secondary N) is 1. The average molecular weight is 318 g/mol. The third-order valence-electron chi connectivity index (χ3n) is 3.82. The van der Waals surface area contributed by atoms with E-state index in [9.17, 15) is 14.0 Å². The molecule has 0 saturated carbocycles. The number of benzene rings is 1. The molecule has 2 aromatic rings. The van der Waals surface area contributed by atoms with Gasteiger partial charge in [-0.15, -0.1) is 0 Å². The third kappa shape index (κ3) is 2.56. The molecule has 0 unspecified atom stereocenters. The molecule has 1 aromatic carbocycles. The largest absolute Gasteiger partial charge is 0.337 e. The molecule has 1 fully saturated rings. The summed E-state index contributed by atoms with van der Waals surface area (Å²) in [6, 6.07) is 4.87. The lowest BCUT2D eigenvalue weighted by molar-refractivity contribution is -0.131. The fourth-order valence-electron chi connectivity index (χ4n) is 2.45. The number of imide groups is 1. The number of carbonyl (C=O) groups is 2. The van der Waals surface area contributed by atoms with Gasteiger partial charge in [0.05, 0.1) is 0 Å². The monoisotopic (exact) mass is 318 g/mol. The zero-order chi connectivity index (χ0) is 16.6. The predicted molar refractivity (Wildman–Crippen MR) is 76.5 cm³/mol. The van der Waals surface area contributed by atoms with Crippen LogP contribution in [0.25, 0.3) is 0 Å². The quantitative estimate of drug-likeness (QED) is 0.868. The minimum Gasteiger partial charge on any atom is -0.337 e. The van der Waals surface area contributed by atoms with Gasteiger partial charge < -0.3 is 9.84 Å². The summed E-state index contributed by atoms with van der Waals surface area (Å²) in [5.41, 5.74) is -0.752. The van der Waals surface area contributed by atoms with Crippen LogP contribution >= 0.6 is 0 Å². The van der Waals surface area contributed by atoms with E-state index in [1.165, 1.54) is 24.3 Å². The first-order chi connectivity index (χ1) is 10.9. The number of nitrogens with zero attached hydrogens (tertiary/aromatic N) is 3. The maximum Gasteiger partial charge on any atom is 0.325 e. The van der Waals surface area contributed by atoms with Gasteiger partial charge in [0.1, 0.15) is 17.9 Å². The summed E-state index contributed by atoms with van der Waals surface area (Å²) >= 11 is 0. The third-order valence-corrected chi connectivity index (χ3v) is 3.82. The van der Waals surface area contributed by atoms with Crippen molar-refractivity contribution in [3.8, 4) is 0 Å². The van der Waals surface area contributed by atoms with Crippen molar-refractivity contribution in [1.82, 2.24) is 20.4 Å². The van der Waals surface area contributed by atoms with E-state index < -0.39 is 23.3 Å². The molecular formula is C15H15FN4O3. The number of aromatic nitrogens is 2. The highest BCUT2D eigenvalue weighted by molar-refractivity contribution is 6.07. The van der Waals surface area contributed by atoms with E-state index in [0.29, 0.717) is 17.8 Å². The fourth-order valence-corrected chi connectivity index (χ4v) is 2.45. The summed E-state index contributed by atoms with van der Waals surface area (Å²) < 4.78 is 18.1. The molecule has 23 heavy (non-hydrogen) atoms. The molecule has 0 aliphatic carbocycles. The van der Waals surface area contributed by atoms with Gasteiger partial charge in [-0.3, -0.25) is 9.69 Å². The van der Waals surface area contributed by atoms with Gasteiger partial charge in [0, 0.05) is 6.42 Å². The van der Waals surface area contributed by atoms with Gasteiger partial charge in [0.25, 0.3) is 5.91 Å². The van der Waals surface area contributed by atoms with Crippen molar-refractivity contribution in [3.63, 3.8) is 0 Å². The molecule has 120 valence electrons. The lowest BCUT2D eigenvalue weighted by Gasteiger charge is -2.21. The number of urea groups is 1. The lowest BCUT2D eigenvalue weighted by Crippen LogP contribution is -2.40. The van der Waals surface area contributed by atoms with Crippen molar-refractivity contribution < 1.29 is 18.5 Å². The Balaban J connectivity index is 1.85. The minimum atomic E-state index is -1.25. The topological polar surface area (TPSA) is 88.3 Å². The number of amides is 3. The van der Waals surface area contributed by atoms with E-state index in [0.717, 1.165) is 4.90 Å². The van der Waals surface area contributed by atoms with Crippen molar-refractivity contribution in [1.29, 1.82) is 0 Å². The molecule has 1 aromatic heterocycles. The van der Waals surface area contributed by atoms with Crippen LogP contribution in [0, 0.1) is 5.82 Å². The van der Waals surface area contributed by atoms with Gasteiger partial charge in [0.15, 0.2) is 5.82 Å². The summed E-state index contributed by atoms with van der Waals surface area (Å²) in [4.78, 5) is 29.9. The van der Waals surface area contributed by atoms with Gasteiger partial charge in [0.2, 0.25) is 5.89 Å². The number of hydrogen-bond donors (Lipinski definition) is 1. The van der Waals surface area contributed by atoms with Gasteiger partial charge in [-0.1, -0.05) is 24.2 Å². The van der Waals surface area contributed by atoms with Crippen LogP contribution < -0.4 is 5.32 Å². The molecule has 3 amide bonds. The van der Waals surface area contributed by atoms with Crippen LogP contribution in [0.5, 0.6) is 0 Å². The summed E-state index contributed by atoms with van der Waals surface area (Å²) in [7, 11) is 0. The summed E-state index contributed by atoms with van der Waals surface area (Å²) in [6.45, 7) is 3.34. The number of hydrogen-bond acceptors (Lipinski definition) is 5. The number of aryl methyl sites for hydroxylation is 1. The highest BCUT2D eigenvalue weighted by Gasteiger charge is 2.49. The second-order valence-corrected chi connectivity index (χ2v) is 5.41. The molecule has 1 N–H and O–H groups in total. The van der Waals surface area contributed by atoms with Crippen molar-refractivity contribution >= 4 is 11.9 Å². The SMILES string of the molecule is CCc1noc(CN2C(=O)N[C@@](C)(c3ccc(F)cc3)C2=O)n1. The van der Waals surface area contributed by atoms with Gasteiger partial charge in [-0.25, -0.2) is 9.18 Å². The Morgan fingerprint density at radius 1 is 1.30 bits per heavy atom. The first-order valence-electron chi connectivity index (χ1n) is 7.15. The standard InChI is InChI=1S/C15H15FN4O3/c1-3-11-17-12(23-19-11)8-20-13(21)15(2,18-14(20)22)9-4-6-10(16)7-5-9/h4-7H,3,8H2,1-2H3,(H,18,22)/t15-/m0/s1. The van der Waals surface area contributed by atoms with Crippen LogP contribution in [0.2, 0.25) is 0 Å². The van der Waals surface area contributed by atoms with Gasteiger partial charge >= 0.3 is 6.03 Å². The normalized spacial score (nSPS) is 20.9. The van der Waals surface area contributed by atoms with Crippen molar-refractivity contribution in [3.05, 3.63) is 47.4 Å². The fraction of sp³-hybridized carbons (Fsp3) is 0.333. The van der Waals surface area contributed by atoms with E-state index in [2.05, 4.69) is 15.5 Å². The van der Waals surface area contributed by atoms with Crippen LogP contribution in [-0.4, -0.2) is 27.0 Å². The van der Waals surface area contributed by atoms with Crippen LogP contribution in [0.4, 0.5) is 9.18 Å². The van der Waals surface area contributed by atoms with Gasteiger partial charge in [-0.05, 0) is 24.6 Å². The molecule has 3 rings (SSSR count).